The van der Waals surface area contributed by atoms with Crippen LogP contribution < -0.4 is 14.2 Å². The molecule has 1 aliphatic carbocycles. The predicted molar refractivity (Wildman–Crippen MR) is 121 cm³/mol. The molecule has 0 unspecified atom stereocenters. The van der Waals surface area contributed by atoms with Crippen molar-refractivity contribution in [3.63, 3.8) is 0 Å². The maximum atomic E-state index is 13.6. The second-order valence-corrected chi connectivity index (χ2v) is 7.91. The van der Waals surface area contributed by atoms with Gasteiger partial charge < -0.3 is 14.2 Å². The van der Waals surface area contributed by atoms with Gasteiger partial charge in [0.05, 0.1) is 18.2 Å². The number of rotatable bonds is 3. The van der Waals surface area contributed by atoms with Gasteiger partial charge in [-0.25, -0.2) is 0 Å². The Morgan fingerprint density at radius 3 is 1.73 bits per heavy atom. The largest absolute Gasteiger partial charge is 0.496 e. The van der Waals surface area contributed by atoms with Gasteiger partial charge in [0.15, 0.2) is 23.1 Å². The number of carbonyl (C=O) groups is 2. The first-order valence-electron chi connectivity index (χ1n) is 10.6. The van der Waals surface area contributed by atoms with Crippen LogP contribution in [0.15, 0.2) is 91.0 Å². The van der Waals surface area contributed by atoms with E-state index in [9.17, 15) is 9.59 Å². The summed E-state index contributed by atoms with van der Waals surface area (Å²) in [6.45, 7) is 0. The highest BCUT2D eigenvalue weighted by molar-refractivity contribution is 6.30. The lowest BCUT2D eigenvalue weighted by Gasteiger charge is -2.28. The SMILES string of the molecule is COc1cc2c(c3c1C(=O)c1ccccc1C3=O)OC(c1ccccc1)(c1ccccc1)O2. The molecule has 0 saturated carbocycles. The summed E-state index contributed by atoms with van der Waals surface area (Å²) in [4.78, 5) is 27.0. The molecule has 1 heterocycles. The highest BCUT2D eigenvalue weighted by atomic mass is 16.7. The number of fused-ring (bicyclic) bond motifs is 4. The summed E-state index contributed by atoms with van der Waals surface area (Å²) in [5, 5.41) is 0. The average Bonchev–Trinajstić information content (AvgIpc) is 3.28. The first-order valence-corrected chi connectivity index (χ1v) is 10.6. The summed E-state index contributed by atoms with van der Waals surface area (Å²) in [6.07, 6.45) is 0. The van der Waals surface area contributed by atoms with E-state index in [4.69, 9.17) is 14.2 Å². The molecule has 0 N–H and O–H groups in total. The molecule has 1 aliphatic heterocycles. The molecule has 0 bridgehead atoms. The molecule has 6 rings (SSSR count). The number of ether oxygens (including phenoxy) is 3. The zero-order chi connectivity index (χ0) is 22.6. The standard InChI is InChI=1S/C28H18O5/c1-31-21-16-22-27(24-23(21)25(29)19-14-8-9-15-20(19)26(24)30)33-28(32-22,17-10-4-2-5-11-17)18-12-6-3-7-13-18/h2-16H,1H3. The Balaban J connectivity index is 1.62. The molecule has 33 heavy (non-hydrogen) atoms. The smallest absolute Gasteiger partial charge is 0.305 e. The van der Waals surface area contributed by atoms with Crippen molar-refractivity contribution < 1.29 is 23.8 Å². The van der Waals surface area contributed by atoms with Crippen molar-refractivity contribution in [2.45, 2.75) is 5.79 Å². The van der Waals surface area contributed by atoms with Crippen LogP contribution in [-0.4, -0.2) is 18.7 Å². The van der Waals surface area contributed by atoms with Crippen molar-refractivity contribution in [3.8, 4) is 17.2 Å². The summed E-state index contributed by atoms with van der Waals surface area (Å²) in [5.41, 5.74) is 2.57. The molecule has 0 spiro atoms. The molecule has 0 atom stereocenters. The van der Waals surface area contributed by atoms with Gasteiger partial charge in [0.25, 0.3) is 0 Å². The van der Waals surface area contributed by atoms with Crippen LogP contribution in [0.25, 0.3) is 0 Å². The van der Waals surface area contributed by atoms with Crippen molar-refractivity contribution in [3.05, 3.63) is 124 Å². The Morgan fingerprint density at radius 1 is 0.667 bits per heavy atom. The summed E-state index contributed by atoms with van der Waals surface area (Å²) in [5.74, 6) is -1.02. The molecular formula is C28H18O5. The number of carbonyl (C=O) groups excluding carboxylic acids is 2. The maximum Gasteiger partial charge on any atom is 0.305 e. The Kier molecular flexibility index (Phi) is 4.14. The van der Waals surface area contributed by atoms with E-state index < -0.39 is 5.79 Å². The molecule has 2 aliphatic rings. The third-order valence-electron chi connectivity index (χ3n) is 6.11. The monoisotopic (exact) mass is 434 g/mol. The Bertz CT molecular complexity index is 1380. The van der Waals surface area contributed by atoms with Crippen LogP contribution >= 0.6 is 0 Å². The van der Waals surface area contributed by atoms with E-state index >= 15 is 0 Å². The maximum absolute atomic E-state index is 13.6. The molecule has 5 nitrogen and oxygen atoms in total. The normalized spacial score (nSPS) is 15.1. The minimum Gasteiger partial charge on any atom is -0.496 e. The molecule has 0 aromatic heterocycles. The van der Waals surface area contributed by atoms with Crippen molar-refractivity contribution in [2.24, 2.45) is 0 Å². The van der Waals surface area contributed by atoms with Crippen LogP contribution in [-0.2, 0) is 5.79 Å². The lowest BCUT2D eigenvalue weighted by molar-refractivity contribution is -0.0461. The molecule has 5 heteroatoms. The van der Waals surface area contributed by atoms with E-state index in [1.807, 2.05) is 60.7 Å². The first-order chi connectivity index (χ1) is 16.1. The first kappa shape index (κ1) is 19.3. The number of hydrogen-bond donors (Lipinski definition) is 0. The van der Waals surface area contributed by atoms with Gasteiger partial charge in [-0.15, -0.1) is 0 Å². The van der Waals surface area contributed by atoms with Crippen molar-refractivity contribution >= 4 is 11.6 Å². The second-order valence-electron chi connectivity index (χ2n) is 7.91. The van der Waals surface area contributed by atoms with Crippen molar-refractivity contribution in [1.82, 2.24) is 0 Å². The molecule has 0 amide bonds. The van der Waals surface area contributed by atoms with Gasteiger partial charge in [-0.2, -0.15) is 0 Å². The van der Waals surface area contributed by atoms with Gasteiger partial charge in [0, 0.05) is 28.3 Å². The van der Waals surface area contributed by atoms with E-state index in [-0.39, 0.29) is 34.2 Å². The molecule has 0 radical (unpaired) electrons. The Labute approximate surface area is 190 Å². The molecule has 4 aromatic rings. The number of methoxy groups -OCH3 is 1. The molecule has 0 fully saturated rings. The zero-order valence-corrected chi connectivity index (χ0v) is 17.7. The summed E-state index contributed by atoms with van der Waals surface area (Å²) in [6, 6.07) is 27.5. The minimum absolute atomic E-state index is 0.168. The van der Waals surface area contributed by atoms with Crippen LogP contribution in [0.5, 0.6) is 17.2 Å². The van der Waals surface area contributed by atoms with Crippen LogP contribution in [0.2, 0.25) is 0 Å². The predicted octanol–water partition coefficient (Wildman–Crippen LogP) is 5.14. The van der Waals surface area contributed by atoms with E-state index in [0.717, 1.165) is 11.1 Å². The fourth-order valence-corrected chi connectivity index (χ4v) is 4.58. The van der Waals surface area contributed by atoms with Crippen molar-refractivity contribution in [2.75, 3.05) is 7.11 Å². The third-order valence-corrected chi connectivity index (χ3v) is 6.11. The van der Waals surface area contributed by atoms with Crippen LogP contribution in [0, 0.1) is 0 Å². The van der Waals surface area contributed by atoms with Crippen LogP contribution in [0.4, 0.5) is 0 Å². The summed E-state index contributed by atoms with van der Waals surface area (Å²) in [7, 11) is 1.47. The average molecular weight is 434 g/mol. The quantitative estimate of drug-likeness (QED) is 0.393. The summed E-state index contributed by atoms with van der Waals surface area (Å²) < 4.78 is 18.6. The highest BCUT2D eigenvalue weighted by Gasteiger charge is 2.49. The molecule has 4 aromatic carbocycles. The van der Waals surface area contributed by atoms with Crippen molar-refractivity contribution in [1.29, 1.82) is 0 Å². The Morgan fingerprint density at radius 2 is 1.18 bits per heavy atom. The van der Waals surface area contributed by atoms with E-state index in [2.05, 4.69) is 0 Å². The minimum atomic E-state index is -1.31. The third kappa shape index (κ3) is 2.66. The molecule has 160 valence electrons. The molecular weight excluding hydrogens is 416 g/mol. The topological polar surface area (TPSA) is 61.8 Å². The highest BCUT2D eigenvalue weighted by Crippen LogP contribution is 2.53. The lowest BCUT2D eigenvalue weighted by Crippen LogP contribution is -2.37. The van der Waals surface area contributed by atoms with Gasteiger partial charge in [0.1, 0.15) is 5.75 Å². The van der Waals surface area contributed by atoms with Crippen LogP contribution in [0.3, 0.4) is 0 Å². The fourth-order valence-electron chi connectivity index (χ4n) is 4.58. The molecule has 0 saturated heterocycles. The Hall–Kier alpha value is -4.38. The number of benzene rings is 4. The zero-order valence-electron chi connectivity index (χ0n) is 17.7. The van der Waals surface area contributed by atoms with Crippen LogP contribution in [0.1, 0.15) is 43.0 Å². The number of ketones is 2. The number of hydrogen-bond acceptors (Lipinski definition) is 5. The summed E-state index contributed by atoms with van der Waals surface area (Å²) >= 11 is 0. The fraction of sp³-hybridized carbons (Fsp3) is 0.0714. The van der Waals surface area contributed by atoms with E-state index in [1.165, 1.54) is 7.11 Å². The van der Waals surface area contributed by atoms with Gasteiger partial charge in [0.2, 0.25) is 0 Å². The van der Waals surface area contributed by atoms with E-state index in [1.54, 1.807) is 30.3 Å². The van der Waals surface area contributed by atoms with E-state index in [0.29, 0.717) is 16.9 Å². The van der Waals surface area contributed by atoms with Gasteiger partial charge in [-0.1, -0.05) is 84.9 Å². The lowest BCUT2D eigenvalue weighted by atomic mass is 9.83. The second kappa shape index (κ2) is 7.07. The van der Waals surface area contributed by atoms with Gasteiger partial charge in [-0.05, 0) is 0 Å². The van der Waals surface area contributed by atoms with Gasteiger partial charge in [-0.3, -0.25) is 9.59 Å². The van der Waals surface area contributed by atoms with Gasteiger partial charge >= 0.3 is 5.79 Å².